The Kier molecular flexibility index (Phi) is 5.57. The fourth-order valence-corrected chi connectivity index (χ4v) is 1.82. The smallest absolute Gasteiger partial charge is 0.412 e. The molecule has 0 aromatic heterocycles. The van der Waals surface area contributed by atoms with E-state index in [0.29, 0.717) is 5.69 Å². The van der Waals surface area contributed by atoms with Crippen molar-refractivity contribution in [3.8, 4) is 0 Å². The standard InChI is InChI=1S/C14H18ClNO5/c1-14(2,3)21-13(20)16-8-4-5-10(15)9(6-8)11(17)7-12(18)19/h4-6,11,17H,7H2,1-3H3,(H,16,20)(H,18,19). The van der Waals surface area contributed by atoms with Crippen molar-refractivity contribution in [2.75, 3.05) is 5.32 Å². The van der Waals surface area contributed by atoms with E-state index >= 15 is 0 Å². The molecule has 0 aliphatic heterocycles. The third-order valence-corrected chi connectivity index (χ3v) is 2.71. The average molecular weight is 316 g/mol. The Balaban J connectivity index is 2.86. The minimum atomic E-state index is -1.25. The number of anilines is 1. The van der Waals surface area contributed by atoms with Gasteiger partial charge in [-0.3, -0.25) is 10.1 Å². The van der Waals surface area contributed by atoms with Gasteiger partial charge in [-0.25, -0.2) is 4.79 Å². The number of carbonyl (C=O) groups excluding carboxylic acids is 1. The van der Waals surface area contributed by atoms with Crippen molar-refractivity contribution in [3.63, 3.8) is 0 Å². The molecule has 0 saturated carbocycles. The fourth-order valence-electron chi connectivity index (χ4n) is 1.57. The lowest BCUT2D eigenvalue weighted by molar-refractivity contribution is -0.139. The van der Waals surface area contributed by atoms with Crippen molar-refractivity contribution < 1.29 is 24.5 Å². The van der Waals surface area contributed by atoms with Gasteiger partial charge in [0.25, 0.3) is 0 Å². The quantitative estimate of drug-likeness (QED) is 0.793. The Labute approximate surface area is 127 Å². The molecule has 3 N–H and O–H groups in total. The zero-order valence-electron chi connectivity index (χ0n) is 12.0. The van der Waals surface area contributed by atoms with E-state index in [1.807, 2.05) is 0 Å². The van der Waals surface area contributed by atoms with E-state index in [-0.39, 0.29) is 10.6 Å². The summed E-state index contributed by atoms with van der Waals surface area (Å²) in [4.78, 5) is 22.3. The van der Waals surface area contributed by atoms with Gasteiger partial charge in [-0.15, -0.1) is 0 Å². The summed E-state index contributed by atoms with van der Waals surface area (Å²) >= 11 is 5.92. The Morgan fingerprint density at radius 3 is 2.52 bits per heavy atom. The second-order valence-electron chi connectivity index (χ2n) is 5.48. The molecule has 0 aliphatic carbocycles. The van der Waals surface area contributed by atoms with Gasteiger partial charge >= 0.3 is 12.1 Å². The molecule has 0 fully saturated rings. The van der Waals surface area contributed by atoms with Crippen LogP contribution in [0.5, 0.6) is 0 Å². The zero-order chi connectivity index (χ0) is 16.2. The monoisotopic (exact) mass is 315 g/mol. The first kappa shape index (κ1) is 17.3. The second kappa shape index (κ2) is 6.78. The van der Waals surface area contributed by atoms with Crippen LogP contribution in [0.3, 0.4) is 0 Å². The maximum atomic E-state index is 11.6. The van der Waals surface area contributed by atoms with Gasteiger partial charge in [0.15, 0.2) is 0 Å². The third kappa shape index (κ3) is 6.01. The number of carboxylic acids is 1. The van der Waals surface area contributed by atoms with Crippen LogP contribution in [0.15, 0.2) is 18.2 Å². The van der Waals surface area contributed by atoms with Crippen molar-refractivity contribution in [1.29, 1.82) is 0 Å². The molecule has 0 radical (unpaired) electrons. The van der Waals surface area contributed by atoms with Crippen LogP contribution in [0.25, 0.3) is 0 Å². The number of rotatable bonds is 4. The van der Waals surface area contributed by atoms with Gasteiger partial charge in [-0.2, -0.15) is 0 Å². The number of carboxylic acid groups (broad SMARTS) is 1. The molecule has 1 amide bonds. The molecule has 7 heteroatoms. The van der Waals surface area contributed by atoms with Crippen molar-refractivity contribution in [2.24, 2.45) is 0 Å². The topological polar surface area (TPSA) is 95.9 Å². The summed E-state index contributed by atoms with van der Waals surface area (Å²) in [5.41, 5.74) is -0.0528. The predicted octanol–water partition coefficient (Wildman–Crippen LogP) is 3.20. The van der Waals surface area contributed by atoms with Crippen LogP contribution in [0.2, 0.25) is 5.02 Å². The summed E-state index contributed by atoms with van der Waals surface area (Å²) in [6.45, 7) is 5.20. The van der Waals surface area contributed by atoms with E-state index < -0.39 is 30.2 Å². The maximum absolute atomic E-state index is 11.6. The first-order chi connectivity index (χ1) is 9.58. The Hall–Kier alpha value is -1.79. The van der Waals surface area contributed by atoms with E-state index in [2.05, 4.69) is 5.32 Å². The SMILES string of the molecule is CC(C)(C)OC(=O)Nc1ccc(Cl)c(C(O)CC(=O)O)c1. The van der Waals surface area contributed by atoms with E-state index in [4.69, 9.17) is 21.4 Å². The molecule has 1 atom stereocenters. The Morgan fingerprint density at radius 1 is 1.38 bits per heavy atom. The molecular weight excluding hydrogens is 298 g/mol. The first-order valence-corrected chi connectivity index (χ1v) is 6.65. The van der Waals surface area contributed by atoms with Crippen molar-refractivity contribution in [3.05, 3.63) is 28.8 Å². The van der Waals surface area contributed by atoms with Crippen LogP contribution in [0.1, 0.15) is 38.9 Å². The molecule has 0 spiro atoms. The van der Waals surface area contributed by atoms with Crippen LogP contribution in [0, 0.1) is 0 Å². The minimum absolute atomic E-state index is 0.221. The second-order valence-corrected chi connectivity index (χ2v) is 5.88. The number of halogens is 1. The van der Waals surface area contributed by atoms with E-state index in [1.165, 1.54) is 18.2 Å². The summed E-state index contributed by atoms with van der Waals surface area (Å²) in [5, 5.41) is 21.2. The maximum Gasteiger partial charge on any atom is 0.412 e. The van der Waals surface area contributed by atoms with Crippen LogP contribution >= 0.6 is 11.6 Å². The molecule has 0 bridgehead atoms. The number of amides is 1. The number of benzene rings is 1. The highest BCUT2D eigenvalue weighted by molar-refractivity contribution is 6.31. The highest BCUT2D eigenvalue weighted by Gasteiger charge is 2.19. The number of nitrogens with one attached hydrogen (secondary N) is 1. The average Bonchev–Trinajstić information content (AvgIpc) is 2.28. The van der Waals surface area contributed by atoms with Crippen LogP contribution in [-0.2, 0) is 9.53 Å². The number of hydrogen-bond acceptors (Lipinski definition) is 4. The first-order valence-electron chi connectivity index (χ1n) is 6.28. The lowest BCUT2D eigenvalue weighted by Gasteiger charge is -2.20. The number of aliphatic carboxylic acids is 1. The van der Waals surface area contributed by atoms with Gasteiger partial charge in [0, 0.05) is 16.3 Å². The third-order valence-electron chi connectivity index (χ3n) is 2.37. The molecule has 0 aliphatic rings. The van der Waals surface area contributed by atoms with Crippen LogP contribution in [-0.4, -0.2) is 27.9 Å². The molecule has 1 unspecified atom stereocenters. The van der Waals surface area contributed by atoms with Crippen LogP contribution < -0.4 is 5.32 Å². The van der Waals surface area contributed by atoms with Crippen LogP contribution in [0.4, 0.5) is 10.5 Å². The van der Waals surface area contributed by atoms with Crippen molar-refractivity contribution >= 4 is 29.4 Å². The van der Waals surface area contributed by atoms with Crippen molar-refractivity contribution in [2.45, 2.75) is 38.9 Å². The van der Waals surface area contributed by atoms with Gasteiger partial charge in [0.05, 0.1) is 12.5 Å². The van der Waals surface area contributed by atoms with Gasteiger partial charge in [-0.05, 0) is 39.0 Å². The summed E-state index contributed by atoms with van der Waals surface area (Å²) < 4.78 is 5.10. The largest absolute Gasteiger partial charge is 0.481 e. The minimum Gasteiger partial charge on any atom is -0.481 e. The molecule has 0 heterocycles. The van der Waals surface area contributed by atoms with E-state index in [9.17, 15) is 14.7 Å². The summed E-state index contributed by atoms with van der Waals surface area (Å²) in [5.74, 6) is -1.15. The molecule has 116 valence electrons. The lowest BCUT2D eigenvalue weighted by atomic mass is 10.1. The van der Waals surface area contributed by atoms with Crippen molar-refractivity contribution in [1.82, 2.24) is 0 Å². The lowest BCUT2D eigenvalue weighted by Crippen LogP contribution is -2.27. The fraction of sp³-hybridized carbons (Fsp3) is 0.429. The number of hydrogen-bond donors (Lipinski definition) is 3. The molecule has 21 heavy (non-hydrogen) atoms. The summed E-state index contributed by atoms with van der Waals surface area (Å²) in [6, 6.07) is 4.41. The van der Waals surface area contributed by atoms with Gasteiger partial charge in [0.1, 0.15) is 5.60 Å². The number of ether oxygens (including phenoxy) is 1. The zero-order valence-corrected chi connectivity index (χ0v) is 12.8. The Bertz CT molecular complexity index is 539. The number of aliphatic hydroxyl groups is 1. The van der Waals surface area contributed by atoms with Gasteiger partial charge < -0.3 is 14.9 Å². The molecular formula is C14H18ClNO5. The van der Waals surface area contributed by atoms with Gasteiger partial charge in [-0.1, -0.05) is 11.6 Å². The predicted molar refractivity (Wildman–Crippen MR) is 78.5 cm³/mol. The molecule has 6 nitrogen and oxygen atoms in total. The molecule has 1 rings (SSSR count). The molecule has 1 aromatic rings. The molecule has 1 aromatic carbocycles. The summed E-state index contributed by atoms with van der Waals surface area (Å²) in [6.07, 6.45) is -2.38. The summed E-state index contributed by atoms with van der Waals surface area (Å²) in [7, 11) is 0. The highest BCUT2D eigenvalue weighted by Crippen LogP contribution is 2.28. The van der Waals surface area contributed by atoms with E-state index in [0.717, 1.165) is 0 Å². The number of aliphatic hydroxyl groups excluding tert-OH is 1. The number of carbonyl (C=O) groups is 2. The molecule has 0 saturated heterocycles. The normalized spacial score (nSPS) is 12.6. The highest BCUT2D eigenvalue weighted by atomic mass is 35.5. The van der Waals surface area contributed by atoms with E-state index in [1.54, 1.807) is 20.8 Å². The Morgan fingerprint density at radius 2 is 2.00 bits per heavy atom. The van der Waals surface area contributed by atoms with Gasteiger partial charge in [0.2, 0.25) is 0 Å².